The fourth-order valence-electron chi connectivity index (χ4n) is 3.68. The van der Waals surface area contributed by atoms with E-state index in [-0.39, 0.29) is 0 Å². The van der Waals surface area contributed by atoms with Crippen LogP contribution in [-0.2, 0) is 14.2 Å². The van der Waals surface area contributed by atoms with Crippen molar-refractivity contribution in [2.45, 2.75) is 82.8 Å². The van der Waals surface area contributed by atoms with E-state index in [9.17, 15) is 0 Å². The van der Waals surface area contributed by atoms with Crippen molar-refractivity contribution in [1.82, 2.24) is 10.6 Å². The van der Waals surface area contributed by atoms with Gasteiger partial charge in [0.25, 0.3) is 0 Å². The van der Waals surface area contributed by atoms with Crippen molar-refractivity contribution in [2.75, 3.05) is 46.6 Å². The van der Waals surface area contributed by atoms with Crippen molar-refractivity contribution >= 4 is 5.96 Å². The van der Waals surface area contributed by atoms with Gasteiger partial charge in [0.2, 0.25) is 0 Å². The van der Waals surface area contributed by atoms with E-state index >= 15 is 0 Å². The van der Waals surface area contributed by atoms with E-state index < -0.39 is 0 Å². The van der Waals surface area contributed by atoms with Crippen LogP contribution in [0.4, 0.5) is 0 Å². The van der Waals surface area contributed by atoms with Crippen molar-refractivity contribution < 1.29 is 14.2 Å². The highest BCUT2D eigenvalue weighted by Crippen LogP contribution is 2.20. The summed E-state index contributed by atoms with van der Waals surface area (Å²) in [5.41, 5.74) is 0. The van der Waals surface area contributed by atoms with E-state index in [1.165, 1.54) is 44.9 Å². The van der Waals surface area contributed by atoms with Gasteiger partial charge in [-0.3, -0.25) is 4.99 Å². The molecule has 0 aromatic rings. The van der Waals surface area contributed by atoms with Gasteiger partial charge >= 0.3 is 0 Å². The molecule has 0 aromatic heterocycles. The quantitative estimate of drug-likeness (QED) is 0.290. The van der Waals surface area contributed by atoms with Crippen molar-refractivity contribution in [3.63, 3.8) is 0 Å². The van der Waals surface area contributed by atoms with Crippen LogP contribution in [0.2, 0.25) is 0 Å². The summed E-state index contributed by atoms with van der Waals surface area (Å²) in [6.07, 6.45) is 14.3. The lowest BCUT2D eigenvalue weighted by atomic mass is 9.98. The summed E-state index contributed by atoms with van der Waals surface area (Å²) < 4.78 is 17.2. The number of nitrogens with one attached hydrogen (secondary N) is 2. The van der Waals surface area contributed by atoms with Crippen molar-refractivity contribution in [3.05, 3.63) is 0 Å². The topological polar surface area (TPSA) is 64.1 Å². The largest absolute Gasteiger partial charge is 0.379 e. The van der Waals surface area contributed by atoms with Crippen molar-refractivity contribution in [1.29, 1.82) is 0 Å². The Morgan fingerprint density at radius 3 is 2.48 bits per heavy atom. The number of guanidine groups is 1. The number of ether oxygens (including phenoxy) is 3. The highest BCUT2D eigenvalue weighted by Gasteiger charge is 2.15. The Morgan fingerprint density at radius 1 is 0.926 bits per heavy atom. The molecule has 2 aliphatic rings. The highest BCUT2D eigenvalue weighted by molar-refractivity contribution is 5.79. The maximum Gasteiger partial charge on any atom is 0.190 e. The zero-order valence-corrected chi connectivity index (χ0v) is 17.3. The van der Waals surface area contributed by atoms with Crippen LogP contribution in [0, 0.1) is 0 Å². The van der Waals surface area contributed by atoms with Crippen LogP contribution in [0.3, 0.4) is 0 Å². The molecule has 2 rings (SSSR count). The normalized spacial score (nSPS) is 21.5. The van der Waals surface area contributed by atoms with Gasteiger partial charge in [0, 0.05) is 40.0 Å². The van der Waals surface area contributed by atoms with E-state index in [1.54, 1.807) is 0 Å². The van der Waals surface area contributed by atoms with E-state index in [0.717, 1.165) is 71.2 Å². The Balaban J connectivity index is 1.34. The average molecular weight is 384 g/mol. The maximum absolute atomic E-state index is 5.97. The fraction of sp³-hybridized carbons (Fsp3) is 0.952. The second-order valence-corrected chi connectivity index (χ2v) is 7.68. The maximum atomic E-state index is 5.97. The molecule has 0 bridgehead atoms. The minimum absolute atomic E-state index is 0.320. The minimum Gasteiger partial charge on any atom is -0.379 e. The Morgan fingerprint density at radius 2 is 1.74 bits per heavy atom. The van der Waals surface area contributed by atoms with E-state index in [4.69, 9.17) is 14.2 Å². The predicted octanol–water partition coefficient (Wildman–Crippen LogP) is 3.26. The molecule has 1 heterocycles. The van der Waals surface area contributed by atoms with Crippen LogP contribution in [0.25, 0.3) is 0 Å². The molecule has 27 heavy (non-hydrogen) atoms. The molecule has 158 valence electrons. The lowest BCUT2D eigenvalue weighted by Crippen LogP contribution is -2.38. The zero-order chi connectivity index (χ0) is 19.0. The van der Waals surface area contributed by atoms with Crippen LogP contribution in [-0.4, -0.2) is 64.7 Å². The Kier molecular flexibility index (Phi) is 12.6. The number of hydrogen-bond donors (Lipinski definition) is 2. The summed E-state index contributed by atoms with van der Waals surface area (Å²) in [5.74, 6) is 0.882. The van der Waals surface area contributed by atoms with Crippen LogP contribution < -0.4 is 10.6 Å². The summed E-state index contributed by atoms with van der Waals surface area (Å²) in [6.45, 7) is 5.15. The van der Waals surface area contributed by atoms with Gasteiger partial charge in [0.15, 0.2) is 5.96 Å². The summed E-state index contributed by atoms with van der Waals surface area (Å²) in [7, 11) is 1.82. The predicted molar refractivity (Wildman–Crippen MR) is 110 cm³/mol. The number of unbranched alkanes of at least 4 members (excludes halogenated alkanes) is 2. The molecule has 0 radical (unpaired) electrons. The standard InChI is InChI=1S/C21H41N3O3/c1-22-21(24-14-9-15-25-18-20-12-8-17-27-20)23-13-6-3-7-16-26-19-10-4-2-5-11-19/h19-20H,2-18H2,1H3,(H2,22,23,24). The second kappa shape index (κ2) is 15.1. The third-order valence-corrected chi connectivity index (χ3v) is 5.33. The first kappa shape index (κ1) is 22.4. The van der Waals surface area contributed by atoms with E-state index in [1.807, 2.05) is 7.05 Å². The molecular formula is C21H41N3O3. The third-order valence-electron chi connectivity index (χ3n) is 5.33. The zero-order valence-electron chi connectivity index (χ0n) is 17.3. The molecule has 0 spiro atoms. The molecule has 1 saturated carbocycles. The van der Waals surface area contributed by atoms with Crippen molar-refractivity contribution in [2.24, 2.45) is 4.99 Å². The molecule has 0 aromatic carbocycles. The molecular weight excluding hydrogens is 342 g/mol. The Hall–Kier alpha value is -0.850. The molecule has 1 aliphatic heterocycles. The van der Waals surface area contributed by atoms with Gasteiger partial charge in [-0.1, -0.05) is 19.3 Å². The first-order valence-corrected chi connectivity index (χ1v) is 11.1. The molecule has 1 saturated heterocycles. The molecule has 1 aliphatic carbocycles. The van der Waals surface area contributed by atoms with E-state index in [2.05, 4.69) is 15.6 Å². The summed E-state index contributed by atoms with van der Waals surface area (Å²) >= 11 is 0. The van der Waals surface area contributed by atoms with Gasteiger partial charge in [0.1, 0.15) is 0 Å². The second-order valence-electron chi connectivity index (χ2n) is 7.68. The Bertz CT molecular complexity index is 381. The van der Waals surface area contributed by atoms with Gasteiger partial charge in [-0.05, 0) is 51.4 Å². The molecule has 2 N–H and O–H groups in total. The monoisotopic (exact) mass is 383 g/mol. The fourth-order valence-corrected chi connectivity index (χ4v) is 3.68. The van der Waals surface area contributed by atoms with Gasteiger partial charge in [-0.25, -0.2) is 0 Å². The van der Waals surface area contributed by atoms with Gasteiger partial charge in [0.05, 0.1) is 18.8 Å². The molecule has 1 unspecified atom stereocenters. The number of aliphatic imine (C=N–C) groups is 1. The van der Waals surface area contributed by atoms with Crippen LogP contribution in [0.1, 0.15) is 70.6 Å². The minimum atomic E-state index is 0.320. The van der Waals surface area contributed by atoms with Gasteiger partial charge in [-0.2, -0.15) is 0 Å². The number of nitrogens with zero attached hydrogens (tertiary/aromatic N) is 1. The summed E-state index contributed by atoms with van der Waals surface area (Å²) in [6, 6.07) is 0. The molecule has 6 heteroatoms. The first-order valence-electron chi connectivity index (χ1n) is 11.1. The van der Waals surface area contributed by atoms with Gasteiger partial charge in [-0.15, -0.1) is 0 Å². The van der Waals surface area contributed by atoms with E-state index in [0.29, 0.717) is 12.2 Å². The van der Waals surface area contributed by atoms with Crippen molar-refractivity contribution in [3.8, 4) is 0 Å². The molecule has 1 atom stereocenters. The SMILES string of the molecule is CN=C(NCCCCCOC1CCCCC1)NCCCOCC1CCCO1. The number of rotatable bonds is 13. The van der Waals surface area contributed by atoms with Crippen LogP contribution in [0.15, 0.2) is 4.99 Å². The average Bonchev–Trinajstić information content (AvgIpc) is 3.22. The van der Waals surface area contributed by atoms with Crippen LogP contribution in [0.5, 0.6) is 0 Å². The molecule has 0 amide bonds. The smallest absolute Gasteiger partial charge is 0.190 e. The molecule has 2 fully saturated rings. The lowest BCUT2D eigenvalue weighted by molar-refractivity contribution is 0.0168. The Labute approximate surface area is 165 Å². The van der Waals surface area contributed by atoms with Gasteiger partial charge < -0.3 is 24.8 Å². The first-order chi connectivity index (χ1) is 13.4. The third kappa shape index (κ3) is 10.9. The summed E-state index contributed by atoms with van der Waals surface area (Å²) in [4.78, 5) is 4.27. The molecule has 6 nitrogen and oxygen atoms in total. The van der Waals surface area contributed by atoms with Crippen LogP contribution >= 0.6 is 0 Å². The highest BCUT2D eigenvalue weighted by atomic mass is 16.5. The number of hydrogen-bond acceptors (Lipinski definition) is 4. The lowest BCUT2D eigenvalue weighted by Gasteiger charge is -2.21. The summed E-state index contributed by atoms with van der Waals surface area (Å²) in [5, 5.41) is 6.73.